The van der Waals surface area contributed by atoms with E-state index >= 15 is 0 Å². The maximum atomic E-state index is 14.3. The van der Waals surface area contributed by atoms with Crippen molar-refractivity contribution in [2.75, 3.05) is 6.54 Å². The van der Waals surface area contributed by atoms with E-state index in [0.717, 1.165) is 0 Å². The molecular formula is C28H24Cl2FNO5. The van der Waals surface area contributed by atoms with Crippen molar-refractivity contribution in [3.63, 3.8) is 0 Å². The van der Waals surface area contributed by atoms with Crippen molar-refractivity contribution in [1.82, 2.24) is 4.90 Å². The fourth-order valence-electron chi connectivity index (χ4n) is 5.57. The average Bonchev–Trinajstić information content (AvgIpc) is 2.84. The van der Waals surface area contributed by atoms with Crippen LogP contribution >= 0.6 is 23.2 Å². The molecule has 192 valence electrons. The Kier molecular flexibility index (Phi) is 7.10. The minimum absolute atomic E-state index is 0.126. The molecule has 0 spiro atoms. The van der Waals surface area contributed by atoms with E-state index in [1.165, 1.54) is 12.1 Å². The Morgan fingerprint density at radius 3 is 2.22 bits per heavy atom. The Morgan fingerprint density at radius 2 is 1.62 bits per heavy atom. The molecule has 0 radical (unpaired) electrons. The van der Waals surface area contributed by atoms with E-state index in [9.17, 15) is 23.9 Å². The Hall–Kier alpha value is -3.16. The summed E-state index contributed by atoms with van der Waals surface area (Å²) in [6.07, 6.45) is 2.76. The normalized spacial score (nSPS) is 18.2. The zero-order valence-electron chi connectivity index (χ0n) is 19.9. The van der Waals surface area contributed by atoms with Crippen molar-refractivity contribution in [2.45, 2.75) is 51.0 Å². The van der Waals surface area contributed by atoms with E-state index in [1.54, 1.807) is 29.2 Å². The summed E-state index contributed by atoms with van der Waals surface area (Å²) in [7, 11) is 0. The highest BCUT2D eigenvalue weighted by atomic mass is 35.5. The van der Waals surface area contributed by atoms with Gasteiger partial charge >= 0.3 is 5.97 Å². The molecule has 0 amide bonds. The molecule has 0 unspecified atom stereocenters. The minimum Gasteiger partial charge on any atom is -0.487 e. The van der Waals surface area contributed by atoms with E-state index < -0.39 is 17.7 Å². The van der Waals surface area contributed by atoms with Crippen LogP contribution in [0.25, 0.3) is 0 Å². The van der Waals surface area contributed by atoms with Gasteiger partial charge in [-0.15, -0.1) is 0 Å². The number of hydrogen-bond acceptors (Lipinski definition) is 5. The Labute approximate surface area is 223 Å². The van der Waals surface area contributed by atoms with Gasteiger partial charge in [-0.05, 0) is 43.9 Å². The van der Waals surface area contributed by atoms with Crippen molar-refractivity contribution in [3.8, 4) is 5.75 Å². The van der Waals surface area contributed by atoms with E-state index in [-0.39, 0.29) is 48.3 Å². The number of allylic oxidation sites excluding steroid dienone is 4. The molecule has 3 aliphatic rings. The number of nitrogens with zero attached hydrogens (tertiary/aromatic N) is 1. The van der Waals surface area contributed by atoms with Crippen molar-refractivity contribution in [3.05, 3.63) is 85.9 Å². The standard InChI is InChI=1S/C28H24Cl2FNO5/c29-16-11-17(28(18(30)12-16)37-14-15-5-1-2-6-19(15)31)25-26-20(7-3-9-22(26)33)32(13-24(35)36)21-8-4-10-23(34)27(21)25/h1-2,5-6,11-12,25H,3-4,7-10,13-14H2,(H,35,36). The van der Waals surface area contributed by atoms with Crippen molar-refractivity contribution in [2.24, 2.45) is 0 Å². The van der Waals surface area contributed by atoms with E-state index in [2.05, 4.69) is 0 Å². The fraction of sp³-hybridized carbons (Fsp3) is 0.321. The highest BCUT2D eigenvalue weighted by molar-refractivity contribution is 6.35. The summed E-state index contributed by atoms with van der Waals surface area (Å²) < 4.78 is 20.4. The lowest BCUT2D eigenvalue weighted by Gasteiger charge is -2.43. The van der Waals surface area contributed by atoms with E-state index in [4.69, 9.17) is 27.9 Å². The zero-order chi connectivity index (χ0) is 26.3. The molecule has 0 saturated carbocycles. The van der Waals surface area contributed by atoms with Crippen LogP contribution in [0.15, 0.2) is 58.9 Å². The molecule has 9 heteroatoms. The summed E-state index contributed by atoms with van der Waals surface area (Å²) in [6, 6.07) is 9.33. The number of ether oxygens (including phenoxy) is 1. The van der Waals surface area contributed by atoms with Gasteiger partial charge in [0.15, 0.2) is 11.6 Å². The largest absolute Gasteiger partial charge is 0.487 e. The molecule has 0 bridgehead atoms. The van der Waals surface area contributed by atoms with Gasteiger partial charge in [0.1, 0.15) is 24.7 Å². The first kappa shape index (κ1) is 25.5. The summed E-state index contributed by atoms with van der Waals surface area (Å²) in [5.74, 6) is -2.38. The van der Waals surface area contributed by atoms with Crippen LogP contribution in [0.3, 0.4) is 0 Å². The van der Waals surface area contributed by atoms with Crippen LogP contribution in [0, 0.1) is 5.82 Å². The second-order valence-electron chi connectivity index (χ2n) is 9.37. The van der Waals surface area contributed by atoms with Crippen molar-refractivity contribution >= 4 is 40.7 Å². The molecule has 0 saturated heterocycles. The van der Waals surface area contributed by atoms with Gasteiger partial charge in [0.2, 0.25) is 0 Å². The van der Waals surface area contributed by atoms with E-state index in [1.807, 2.05) is 0 Å². The smallest absolute Gasteiger partial charge is 0.323 e. The third-order valence-electron chi connectivity index (χ3n) is 7.06. The lowest BCUT2D eigenvalue weighted by molar-refractivity contribution is -0.138. The number of rotatable bonds is 6. The molecule has 0 atom stereocenters. The maximum absolute atomic E-state index is 14.3. The van der Waals surface area contributed by atoms with Crippen LogP contribution in [0.1, 0.15) is 55.6 Å². The highest BCUT2D eigenvalue weighted by Gasteiger charge is 2.45. The summed E-state index contributed by atoms with van der Waals surface area (Å²) in [5.41, 5.74) is 2.76. The second-order valence-corrected chi connectivity index (χ2v) is 10.2. The molecule has 2 aromatic carbocycles. The lowest BCUT2D eigenvalue weighted by atomic mass is 9.70. The predicted molar refractivity (Wildman–Crippen MR) is 136 cm³/mol. The number of hydrogen-bond donors (Lipinski definition) is 1. The third kappa shape index (κ3) is 4.78. The first-order valence-corrected chi connectivity index (χ1v) is 12.9. The number of halogens is 3. The molecule has 2 aromatic rings. The molecule has 1 aliphatic heterocycles. The number of aliphatic carboxylic acids is 1. The first-order chi connectivity index (χ1) is 17.8. The fourth-order valence-corrected chi connectivity index (χ4v) is 6.13. The van der Waals surface area contributed by atoms with E-state index in [0.29, 0.717) is 64.4 Å². The van der Waals surface area contributed by atoms with Crippen LogP contribution in [-0.4, -0.2) is 34.1 Å². The first-order valence-electron chi connectivity index (χ1n) is 12.1. The van der Waals surface area contributed by atoms with Gasteiger partial charge < -0.3 is 14.7 Å². The van der Waals surface area contributed by atoms with Crippen LogP contribution in [-0.2, 0) is 21.0 Å². The Bertz CT molecular complexity index is 1340. The summed E-state index contributed by atoms with van der Waals surface area (Å²) in [6.45, 7) is -0.462. The molecule has 1 heterocycles. The highest BCUT2D eigenvalue weighted by Crippen LogP contribution is 2.52. The topological polar surface area (TPSA) is 83.9 Å². The van der Waals surface area contributed by atoms with Gasteiger partial charge in [-0.1, -0.05) is 41.4 Å². The number of benzene rings is 2. The Morgan fingerprint density at radius 1 is 1.00 bits per heavy atom. The summed E-state index contributed by atoms with van der Waals surface area (Å²) in [4.78, 5) is 40.2. The number of carbonyl (C=O) groups is 3. The number of carboxylic acid groups (broad SMARTS) is 1. The van der Waals surface area contributed by atoms with Crippen LogP contribution in [0.2, 0.25) is 10.0 Å². The minimum atomic E-state index is -1.05. The molecule has 0 fully saturated rings. The molecule has 1 N–H and O–H groups in total. The number of Topliss-reactive ketones (excluding diaryl/α,β-unsaturated/α-hetero) is 2. The quantitative estimate of drug-likeness (QED) is 0.466. The van der Waals surface area contributed by atoms with Gasteiger partial charge in [0.05, 0.1) is 5.02 Å². The molecule has 6 nitrogen and oxygen atoms in total. The molecule has 2 aliphatic carbocycles. The molecule has 0 aromatic heterocycles. The average molecular weight is 544 g/mol. The lowest BCUT2D eigenvalue weighted by Crippen LogP contribution is -2.41. The molecule has 37 heavy (non-hydrogen) atoms. The number of carboxylic acids is 1. The zero-order valence-corrected chi connectivity index (χ0v) is 21.4. The number of carbonyl (C=O) groups excluding carboxylic acids is 2. The molecule has 5 rings (SSSR count). The second kappa shape index (κ2) is 10.3. The van der Waals surface area contributed by atoms with Gasteiger partial charge in [-0.25, -0.2) is 4.39 Å². The predicted octanol–water partition coefficient (Wildman–Crippen LogP) is 6.21. The van der Waals surface area contributed by atoms with Gasteiger partial charge in [-0.2, -0.15) is 0 Å². The van der Waals surface area contributed by atoms with Crippen LogP contribution in [0.4, 0.5) is 4.39 Å². The van der Waals surface area contributed by atoms with Crippen molar-refractivity contribution in [1.29, 1.82) is 0 Å². The van der Waals surface area contributed by atoms with Gasteiger partial charge in [0, 0.05) is 57.4 Å². The van der Waals surface area contributed by atoms with Crippen LogP contribution in [0.5, 0.6) is 5.75 Å². The molecular weight excluding hydrogens is 520 g/mol. The van der Waals surface area contributed by atoms with Gasteiger partial charge in [0.25, 0.3) is 0 Å². The Balaban J connectivity index is 1.70. The summed E-state index contributed by atoms with van der Waals surface area (Å²) >= 11 is 13.0. The van der Waals surface area contributed by atoms with Crippen molar-refractivity contribution < 1.29 is 28.6 Å². The monoisotopic (exact) mass is 543 g/mol. The maximum Gasteiger partial charge on any atom is 0.323 e. The van der Waals surface area contributed by atoms with Crippen LogP contribution < -0.4 is 4.74 Å². The number of ketones is 2. The summed E-state index contributed by atoms with van der Waals surface area (Å²) in [5, 5.41) is 10.1. The third-order valence-corrected chi connectivity index (χ3v) is 7.56. The SMILES string of the molecule is O=C(O)CN1C2=C(C(=O)CCC2)C(c2cc(Cl)cc(Cl)c2OCc2ccccc2F)C2=C1CCCC2=O. The van der Waals surface area contributed by atoms with Gasteiger partial charge in [-0.3, -0.25) is 14.4 Å².